The topological polar surface area (TPSA) is 56.1 Å². The number of benzene rings is 3. The third kappa shape index (κ3) is 4.95. The Balaban J connectivity index is 1.53. The Hall–Kier alpha value is -3.14. The molecular weight excluding hydrogens is 446 g/mol. The van der Waals surface area contributed by atoms with Gasteiger partial charge in [0, 0.05) is 18.8 Å². The largest absolute Gasteiger partial charge is 0.352 e. The van der Waals surface area contributed by atoms with Crippen molar-refractivity contribution in [1.29, 1.82) is 5.26 Å². The molecule has 1 saturated heterocycles. The van der Waals surface area contributed by atoms with E-state index in [-0.39, 0.29) is 5.91 Å². The first kappa shape index (κ1) is 23.0. The molecule has 1 atom stereocenters. The van der Waals surface area contributed by atoms with Crippen molar-refractivity contribution in [3.05, 3.63) is 108 Å². The second kappa shape index (κ2) is 10.7. The average Bonchev–Trinajstić information content (AvgIpc) is 2.88. The summed E-state index contributed by atoms with van der Waals surface area (Å²) in [4.78, 5) is 14.7. The van der Waals surface area contributed by atoms with Gasteiger partial charge in [-0.15, -0.1) is 0 Å². The zero-order chi connectivity index (χ0) is 23.1. The van der Waals surface area contributed by atoms with Crippen LogP contribution in [0.15, 0.2) is 91.0 Å². The molecule has 0 radical (unpaired) electrons. The third-order valence-corrected chi connectivity index (χ3v) is 7.47. The van der Waals surface area contributed by atoms with Gasteiger partial charge >= 0.3 is 0 Å². The Kier molecular flexibility index (Phi) is 7.43. The van der Waals surface area contributed by atoms with E-state index in [9.17, 15) is 10.1 Å². The highest BCUT2D eigenvalue weighted by molar-refractivity contribution is 8.22. The number of thiocarbonyl (C=S) groups is 1. The number of hydrogen-bond acceptors (Lipinski definition) is 4. The molecule has 4 rings (SSSR count). The molecule has 3 aromatic carbocycles. The second-order valence-electron chi connectivity index (χ2n) is 7.91. The van der Waals surface area contributed by atoms with Gasteiger partial charge in [0.2, 0.25) is 5.91 Å². The van der Waals surface area contributed by atoms with Crippen LogP contribution < -0.4 is 5.32 Å². The van der Waals surface area contributed by atoms with Crippen molar-refractivity contribution in [3.8, 4) is 6.07 Å². The SMILES string of the molecule is N#CC(CCSC(=S)N1CCNC(=O)C1c1ccccc1)(c1ccccc1)c1ccccc1. The van der Waals surface area contributed by atoms with Gasteiger partial charge in [0.05, 0.1) is 6.07 Å². The maximum Gasteiger partial charge on any atom is 0.247 e. The van der Waals surface area contributed by atoms with E-state index in [1.807, 2.05) is 95.9 Å². The van der Waals surface area contributed by atoms with Gasteiger partial charge in [-0.25, -0.2) is 0 Å². The highest BCUT2D eigenvalue weighted by atomic mass is 32.2. The standard InChI is InChI=1S/C27H25N3OS2/c28-20-27(22-12-6-2-7-13-22,23-14-8-3-9-15-23)16-19-33-26(32)30-18-17-29-25(31)24(30)21-10-4-1-5-11-21/h1-15,24H,16-19H2,(H,29,31). The molecule has 1 N–H and O–H groups in total. The Morgan fingerprint density at radius 3 is 2.09 bits per heavy atom. The molecule has 3 aromatic rings. The third-order valence-electron chi connectivity index (χ3n) is 5.99. The lowest BCUT2D eigenvalue weighted by atomic mass is 9.74. The summed E-state index contributed by atoms with van der Waals surface area (Å²) in [6.07, 6.45) is 0.609. The first-order valence-corrected chi connectivity index (χ1v) is 12.3. The Morgan fingerprint density at radius 1 is 1.00 bits per heavy atom. The van der Waals surface area contributed by atoms with Gasteiger partial charge in [-0.1, -0.05) is 115 Å². The molecule has 1 aliphatic rings. The molecule has 33 heavy (non-hydrogen) atoms. The van der Waals surface area contributed by atoms with E-state index in [4.69, 9.17) is 12.2 Å². The number of amides is 1. The fourth-order valence-corrected chi connectivity index (χ4v) is 5.68. The zero-order valence-electron chi connectivity index (χ0n) is 18.2. The number of piperazine rings is 1. The minimum Gasteiger partial charge on any atom is -0.352 e. The summed E-state index contributed by atoms with van der Waals surface area (Å²) in [7, 11) is 0. The van der Waals surface area contributed by atoms with Crippen molar-refractivity contribution in [1.82, 2.24) is 10.2 Å². The fraction of sp³-hybridized carbons (Fsp3) is 0.222. The van der Waals surface area contributed by atoms with Gasteiger partial charge in [0.1, 0.15) is 15.8 Å². The van der Waals surface area contributed by atoms with E-state index in [0.717, 1.165) is 16.7 Å². The van der Waals surface area contributed by atoms with Crippen LogP contribution in [0, 0.1) is 11.3 Å². The maximum absolute atomic E-state index is 12.7. The van der Waals surface area contributed by atoms with Gasteiger partial charge in [-0.2, -0.15) is 5.26 Å². The van der Waals surface area contributed by atoms with Gasteiger partial charge < -0.3 is 10.2 Å². The molecule has 1 heterocycles. The van der Waals surface area contributed by atoms with E-state index in [1.54, 1.807) is 11.8 Å². The predicted molar refractivity (Wildman–Crippen MR) is 138 cm³/mol. The molecule has 0 aliphatic carbocycles. The molecule has 0 aromatic heterocycles. The van der Waals surface area contributed by atoms with Crippen molar-refractivity contribution in [2.75, 3.05) is 18.8 Å². The molecule has 0 bridgehead atoms. The van der Waals surface area contributed by atoms with Crippen LogP contribution in [-0.4, -0.2) is 34.0 Å². The zero-order valence-corrected chi connectivity index (χ0v) is 19.8. The first-order valence-electron chi connectivity index (χ1n) is 10.9. The Morgan fingerprint density at radius 2 is 1.55 bits per heavy atom. The fourth-order valence-electron chi connectivity index (χ4n) is 4.29. The summed E-state index contributed by atoms with van der Waals surface area (Å²) < 4.78 is 0.687. The molecule has 6 heteroatoms. The van der Waals surface area contributed by atoms with Gasteiger partial charge in [-0.3, -0.25) is 4.79 Å². The summed E-state index contributed by atoms with van der Waals surface area (Å²) in [6, 6.07) is 31.8. The molecule has 1 fully saturated rings. The smallest absolute Gasteiger partial charge is 0.247 e. The molecule has 4 nitrogen and oxygen atoms in total. The maximum atomic E-state index is 12.7. The number of hydrogen-bond donors (Lipinski definition) is 1. The van der Waals surface area contributed by atoms with E-state index in [1.165, 1.54) is 0 Å². The predicted octanol–water partition coefficient (Wildman–Crippen LogP) is 5.08. The normalized spacial score (nSPS) is 16.0. The van der Waals surface area contributed by atoms with E-state index in [2.05, 4.69) is 11.4 Å². The Labute approximate surface area is 204 Å². The number of carbonyl (C=O) groups excluding carboxylic acids is 1. The Bertz CT molecular complexity index is 1090. The molecule has 0 saturated carbocycles. The van der Waals surface area contributed by atoms with Crippen LogP contribution in [0.2, 0.25) is 0 Å². The molecule has 1 unspecified atom stereocenters. The monoisotopic (exact) mass is 471 g/mol. The molecule has 0 spiro atoms. The van der Waals surface area contributed by atoms with Crippen molar-refractivity contribution in [2.24, 2.45) is 0 Å². The van der Waals surface area contributed by atoms with E-state index in [0.29, 0.717) is 29.6 Å². The quantitative estimate of drug-likeness (QED) is 0.508. The van der Waals surface area contributed by atoms with Gasteiger partial charge in [0.25, 0.3) is 0 Å². The summed E-state index contributed by atoms with van der Waals surface area (Å²) >= 11 is 7.33. The minimum absolute atomic E-state index is 0.0321. The van der Waals surface area contributed by atoms with Gasteiger partial charge in [0.15, 0.2) is 0 Å². The van der Waals surface area contributed by atoms with Crippen LogP contribution in [0.3, 0.4) is 0 Å². The molecule has 166 valence electrons. The lowest BCUT2D eigenvalue weighted by Gasteiger charge is -2.37. The number of thioether (sulfide) groups is 1. The van der Waals surface area contributed by atoms with Crippen molar-refractivity contribution < 1.29 is 4.79 Å². The highest BCUT2D eigenvalue weighted by Gasteiger charge is 2.36. The number of nitrogens with one attached hydrogen (secondary N) is 1. The number of carbonyl (C=O) groups is 1. The first-order chi connectivity index (χ1) is 16.2. The van der Waals surface area contributed by atoms with Crippen LogP contribution >= 0.6 is 24.0 Å². The lowest BCUT2D eigenvalue weighted by Crippen LogP contribution is -2.51. The van der Waals surface area contributed by atoms with Gasteiger partial charge in [-0.05, 0) is 23.1 Å². The van der Waals surface area contributed by atoms with Crippen LogP contribution in [0.4, 0.5) is 0 Å². The summed E-state index contributed by atoms with van der Waals surface area (Å²) in [5, 5.41) is 13.3. The van der Waals surface area contributed by atoms with Crippen molar-refractivity contribution in [2.45, 2.75) is 17.9 Å². The summed E-state index contributed by atoms with van der Waals surface area (Å²) in [6.45, 7) is 1.23. The van der Waals surface area contributed by atoms with E-state index < -0.39 is 11.5 Å². The molecule has 1 aliphatic heterocycles. The average molecular weight is 472 g/mol. The second-order valence-corrected chi connectivity index (χ2v) is 9.64. The van der Waals surface area contributed by atoms with E-state index >= 15 is 0 Å². The van der Waals surface area contributed by atoms with Crippen LogP contribution in [-0.2, 0) is 10.2 Å². The van der Waals surface area contributed by atoms with Crippen molar-refractivity contribution >= 4 is 34.2 Å². The van der Waals surface area contributed by atoms with Crippen LogP contribution in [0.25, 0.3) is 0 Å². The van der Waals surface area contributed by atoms with Crippen LogP contribution in [0.1, 0.15) is 29.2 Å². The number of nitriles is 1. The minimum atomic E-state index is -0.761. The highest BCUT2D eigenvalue weighted by Crippen LogP contribution is 2.37. The van der Waals surface area contributed by atoms with Crippen LogP contribution in [0.5, 0.6) is 0 Å². The molecule has 1 amide bonds. The number of nitrogens with zero attached hydrogens (tertiary/aromatic N) is 2. The summed E-state index contributed by atoms with van der Waals surface area (Å²) in [5.74, 6) is 0.630. The molecular formula is C27H25N3OS2. The lowest BCUT2D eigenvalue weighted by molar-refractivity contribution is -0.127. The summed E-state index contributed by atoms with van der Waals surface area (Å²) in [5.41, 5.74) is 2.12. The number of rotatable bonds is 6. The van der Waals surface area contributed by atoms with Crippen molar-refractivity contribution in [3.63, 3.8) is 0 Å².